The van der Waals surface area contributed by atoms with Gasteiger partial charge >= 0.3 is 0 Å². The molecule has 2 aliphatic heterocycles. The number of amides is 1. The Morgan fingerprint density at radius 1 is 1.09 bits per heavy atom. The first-order chi connectivity index (χ1) is 10.3. The molecule has 1 N–H and O–H groups in total. The van der Waals surface area contributed by atoms with Gasteiger partial charge in [0.05, 0.1) is 11.1 Å². The van der Waals surface area contributed by atoms with E-state index in [0.29, 0.717) is 12.1 Å². The van der Waals surface area contributed by atoms with Crippen LogP contribution in [0.3, 0.4) is 0 Å². The van der Waals surface area contributed by atoms with Gasteiger partial charge in [-0.3, -0.25) is 9.78 Å². The van der Waals surface area contributed by atoms with Crippen LogP contribution < -0.4 is 5.32 Å². The third kappa shape index (κ3) is 3.44. The van der Waals surface area contributed by atoms with Crippen LogP contribution in [0.15, 0.2) is 36.5 Å². The van der Waals surface area contributed by atoms with Gasteiger partial charge in [0.15, 0.2) is 0 Å². The summed E-state index contributed by atoms with van der Waals surface area (Å²) in [6.07, 6.45) is 5.25. The number of halogens is 2. The Bertz CT molecular complexity index is 689. The minimum Gasteiger partial charge on any atom is -0.337 e. The van der Waals surface area contributed by atoms with Gasteiger partial charge in [-0.2, -0.15) is 0 Å². The van der Waals surface area contributed by atoms with Gasteiger partial charge < -0.3 is 10.2 Å². The van der Waals surface area contributed by atoms with Crippen LogP contribution in [-0.4, -0.2) is 41.0 Å². The van der Waals surface area contributed by atoms with Gasteiger partial charge in [-0.15, -0.1) is 24.8 Å². The van der Waals surface area contributed by atoms with Crippen molar-refractivity contribution >= 4 is 41.6 Å². The fourth-order valence-electron chi connectivity index (χ4n) is 3.57. The van der Waals surface area contributed by atoms with Crippen LogP contribution in [0.4, 0.5) is 0 Å². The average Bonchev–Trinajstić information content (AvgIpc) is 2.85. The number of carbonyl (C=O) groups is 1. The molecule has 4 rings (SSSR count). The van der Waals surface area contributed by atoms with Crippen molar-refractivity contribution in [2.75, 3.05) is 13.1 Å². The standard InChI is InChI=1S/C17H19N3O.2ClH/c21-17(20-10-8-13-6-7-14(11-20)19-13)15-5-1-3-12-4-2-9-18-16(12)15;;/h1-5,9,13-14,19H,6-8,10-11H2;2*1H. The van der Waals surface area contributed by atoms with Crippen molar-refractivity contribution in [3.05, 3.63) is 42.1 Å². The van der Waals surface area contributed by atoms with E-state index in [1.807, 2.05) is 35.2 Å². The minimum atomic E-state index is 0. The molecule has 2 unspecified atom stereocenters. The quantitative estimate of drug-likeness (QED) is 0.856. The summed E-state index contributed by atoms with van der Waals surface area (Å²) in [5.74, 6) is 0.119. The Hall–Kier alpha value is -1.36. The monoisotopic (exact) mass is 353 g/mol. The average molecular weight is 354 g/mol. The van der Waals surface area contributed by atoms with Gasteiger partial charge in [0, 0.05) is 36.8 Å². The molecule has 124 valence electrons. The van der Waals surface area contributed by atoms with Crippen LogP contribution in [-0.2, 0) is 0 Å². The highest BCUT2D eigenvalue weighted by molar-refractivity contribution is 6.05. The molecule has 2 aromatic rings. The molecule has 1 aromatic carbocycles. The number of nitrogens with zero attached hydrogens (tertiary/aromatic N) is 2. The van der Waals surface area contributed by atoms with E-state index in [9.17, 15) is 4.79 Å². The zero-order chi connectivity index (χ0) is 14.2. The van der Waals surface area contributed by atoms with E-state index in [1.165, 1.54) is 12.8 Å². The SMILES string of the molecule is Cl.Cl.O=C(c1cccc2cccnc12)N1CCC2CCC(C1)N2. The number of nitrogens with one attached hydrogen (secondary N) is 1. The Kier molecular flexibility index (Phi) is 5.84. The third-order valence-corrected chi connectivity index (χ3v) is 4.67. The number of para-hydroxylation sites is 1. The maximum absolute atomic E-state index is 12.9. The molecule has 2 bridgehead atoms. The number of pyridine rings is 1. The smallest absolute Gasteiger partial charge is 0.256 e. The molecule has 1 aromatic heterocycles. The van der Waals surface area contributed by atoms with Crippen LogP contribution in [0.2, 0.25) is 0 Å². The summed E-state index contributed by atoms with van der Waals surface area (Å²) in [6.45, 7) is 1.66. The summed E-state index contributed by atoms with van der Waals surface area (Å²) in [5, 5.41) is 4.64. The van der Waals surface area contributed by atoms with Gasteiger partial charge in [-0.25, -0.2) is 0 Å². The molecule has 2 atom stereocenters. The largest absolute Gasteiger partial charge is 0.337 e. The highest BCUT2D eigenvalue weighted by Gasteiger charge is 2.31. The van der Waals surface area contributed by atoms with E-state index in [1.54, 1.807) is 6.20 Å². The molecule has 4 nitrogen and oxygen atoms in total. The van der Waals surface area contributed by atoms with Gasteiger partial charge in [0.1, 0.15) is 0 Å². The Morgan fingerprint density at radius 2 is 1.87 bits per heavy atom. The molecule has 6 heteroatoms. The summed E-state index contributed by atoms with van der Waals surface area (Å²) < 4.78 is 0. The van der Waals surface area contributed by atoms with E-state index >= 15 is 0 Å². The van der Waals surface area contributed by atoms with Crippen molar-refractivity contribution in [2.24, 2.45) is 0 Å². The number of hydrogen-bond acceptors (Lipinski definition) is 3. The molecule has 0 saturated carbocycles. The predicted octanol–water partition coefficient (Wildman–Crippen LogP) is 3.04. The van der Waals surface area contributed by atoms with Crippen LogP contribution in [0.25, 0.3) is 10.9 Å². The summed E-state index contributed by atoms with van der Waals surface area (Å²) in [5.41, 5.74) is 1.54. The Labute approximate surface area is 148 Å². The maximum atomic E-state index is 12.9. The Morgan fingerprint density at radius 3 is 2.74 bits per heavy atom. The minimum absolute atomic E-state index is 0. The molecule has 2 aliphatic rings. The predicted molar refractivity (Wildman–Crippen MR) is 96.7 cm³/mol. The number of rotatable bonds is 1. The maximum Gasteiger partial charge on any atom is 0.256 e. The first-order valence-corrected chi connectivity index (χ1v) is 7.70. The summed E-state index contributed by atoms with van der Waals surface area (Å²) in [4.78, 5) is 19.3. The highest BCUT2D eigenvalue weighted by atomic mass is 35.5. The second-order valence-electron chi connectivity index (χ2n) is 6.06. The molecule has 0 radical (unpaired) electrons. The Balaban J connectivity index is 0.000000960. The molecule has 2 saturated heterocycles. The zero-order valence-electron chi connectivity index (χ0n) is 12.8. The highest BCUT2D eigenvalue weighted by Crippen LogP contribution is 2.23. The van der Waals surface area contributed by atoms with Crippen LogP contribution in [0.1, 0.15) is 29.6 Å². The second-order valence-corrected chi connectivity index (χ2v) is 6.06. The lowest BCUT2D eigenvalue weighted by molar-refractivity contribution is 0.0750. The first-order valence-electron chi connectivity index (χ1n) is 7.70. The third-order valence-electron chi connectivity index (χ3n) is 4.67. The molecule has 0 aliphatic carbocycles. The first kappa shape index (κ1) is 18.0. The van der Waals surface area contributed by atoms with E-state index in [4.69, 9.17) is 0 Å². The fraction of sp³-hybridized carbons (Fsp3) is 0.412. The number of aromatic nitrogens is 1. The molecular weight excluding hydrogens is 333 g/mol. The summed E-state index contributed by atoms with van der Waals surface area (Å²) in [7, 11) is 0. The van der Waals surface area contributed by atoms with Crippen LogP contribution in [0.5, 0.6) is 0 Å². The lowest BCUT2D eigenvalue weighted by Crippen LogP contribution is -2.39. The number of carbonyl (C=O) groups excluding carboxylic acids is 1. The second kappa shape index (κ2) is 7.47. The lowest BCUT2D eigenvalue weighted by Gasteiger charge is -2.24. The fourth-order valence-corrected chi connectivity index (χ4v) is 3.57. The molecule has 2 fully saturated rings. The molecule has 0 spiro atoms. The summed E-state index contributed by atoms with van der Waals surface area (Å²) >= 11 is 0. The number of benzene rings is 1. The number of hydrogen-bond donors (Lipinski definition) is 1. The molecule has 3 heterocycles. The van der Waals surface area contributed by atoms with Gasteiger partial charge in [0.25, 0.3) is 5.91 Å². The van der Waals surface area contributed by atoms with Crippen LogP contribution >= 0.6 is 24.8 Å². The lowest BCUT2D eigenvalue weighted by atomic mass is 10.1. The van der Waals surface area contributed by atoms with Crippen molar-refractivity contribution in [1.29, 1.82) is 0 Å². The van der Waals surface area contributed by atoms with E-state index < -0.39 is 0 Å². The van der Waals surface area contributed by atoms with E-state index in [-0.39, 0.29) is 30.7 Å². The van der Waals surface area contributed by atoms with Crippen LogP contribution in [0, 0.1) is 0 Å². The topological polar surface area (TPSA) is 45.2 Å². The van der Waals surface area contributed by atoms with Crippen molar-refractivity contribution < 1.29 is 4.79 Å². The van der Waals surface area contributed by atoms with Crippen molar-refractivity contribution in [3.8, 4) is 0 Å². The van der Waals surface area contributed by atoms with Gasteiger partial charge in [-0.1, -0.05) is 18.2 Å². The summed E-state index contributed by atoms with van der Waals surface area (Å²) in [6, 6.07) is 10.8. The van der Waals surface area contributed by atoms with E-state index in [2.05, 4.69) is 10.3 Å². The number of likely N-dealkylation sites (tertiary alicyclic amines) is 1. The van der Waals surface area contributed by atoms with Crippen molar-refractivity contribution in [1.82, 2.24) is 15.2 Å². The molecule has 23 heavy (non-hydrogen) atoms. The van der Waals surface area contributed by atoms with Gasteiger partial charge in [-0.05, 0) is 31.4 Å². The van der Waals surface area contributed by atoms with Gasteiger partial charge in [0.2, 0.25) is 0 Å². The van der Waals surface area contributed by atoms with Crippen molar-refractivity contribution in [2.45, 2.75) is 31.3 Å². The molecule has 1 amide bonds. The normalized spacial score (nSPS) is 22.9. The molecular formula is C17H21Cl2N3O. The van der Waals surface area contributed by atoms with E-state index in [0.717, 1.165) is 36.0 Å². The van der Waals surface area contributed by atoms with Crippen molar-refractivity contribution in [3.63, 3.8) is 0 Å². The number of fused-ring (bicyclic) bond motifs is 3. The zero-order valence-corrected chi connectivity index (χ0v) is 14.4.